The lowest BCUT2D eigenvalue weighted by molar-refractivity contribution is -0.134. The summed E-state index contributed by atoms with van der Waals surface area (Å²) < 4.78 is 0. The van der Waals surface area contributed by atoms with E-state index in [4.69, 9.17) is 0 Å². The minimum absolute atomic E-state index is 0.0707. The Morgan fingerprint density at radius 1 is 0.769 bits per heavy atom. The second-order valence-electron chi connectivity index (χ2n) is 10.8. The molecule has 1 unspecified atom stereocenters. The van der Waals surface area contributed by atoms with Crippen LogP contribution in [0.25, 0.3) is 12.2 Å². The number of carbonyl (C=O) groups is 3. The zero-order valence-corrected chi connectivity index (χ0v) is 23.6. The Hall–Kier alpha value is -4.05. The molecular weight excluding hydrogens is 482 g/mol. The van der Waals surface area contributed by atoms with Crippen LogP contribution in [-0.2, 0) is 19.8 Å². The van der Waals surface area contributed by atoms with Crippen molar-refractivity contribution in [3.63, 3.8) is 0 Å². The highest BCUT2D eigenvalue weighted by molar-refractivity contribution is 6.28. The molecule has 0 radical (unpaired) electrons. The number of hydrogen-bond acceptors (Lipinski definition) is 3. The van der Waals surface area contributed by atoms with Gasteiger partial charge in [-0.25, -0.2) is 0 Å². The Morgan fingerprint density at radius 2 is 1.28 bits per heavy atom. The van der Waals surface area contributed by atoms with Gasteiger partial charge in [0.15, 0.2) is 17.5 Å². The third-order valence-electron chi connectivity index (χ3n) is 6.92. The van der Waals surface area contributed by atoms with Crippen molar-refractivity contribution in [1.29, 1.82) is 0 Å². The maximum absolute atomic E-state index is 13.2. The molecule has 4 nitrogen and oxygen atoms in total. The summed E-state index contributed by atoms with van der Waals surface area (Å²) >= 11 is 0. The molecule has 3 aromatic carbocycles. The second kappa shape index (κ2) is 13.7. The Labute approximate surface area is 232 Å². The fourth-order valence-corrected chi connectivity index (χ4v) is 4.49. The van der Waals surface area contributed by atoms with E-state index < -0.39 is 23.4 Å². The summed E-state index contributed by atoms with van der Waals surface area (Å²) in [6, 6.07) is 24.7. The van der Waals surface area contributed by atoms with Gasteiger partial charge in [0.2, 0.25) is 5.91 Å². The molecule has 0 spiro atoms. The largest absolute Gasteiger partial charge is 0.325 e. The summed E-state index contributed by atoms with van der Waals surface area (Å²) in [5, 5.41) is 2.71. The molecule has 3 rings (SSSR count). The third-order valence-corrected chi connectivity index (χ3v) is 6.92. The number of carbonyl (C=O) groups excluding carboxylic acids is 3. The molecule has 0 saturated carbocycles. The second-order valence-corrected chi connectivity index (χ2v) is 10.8. The lowest BCUT2D eigenvalue weighted by atomic mass is 9.80. The van der Waals surface area contributed by atoms with Gasteiger partial charge in [-0.3, -0.25) is 14.4 Å². The van der Waals surface area contributed by atoms with E-state index in [0.717, 1.165) is 24.0 Å². The third kappa shape index (κ3) is 8.47. The molecule has 202 valence electrons. The van der Waals surface area contributed by atoms with Gasteiger partial charge in [0.1, 0.15) is 0 Å². The zero-order valence-electron chi connectivity index (χ0n) is 23.6. The van der Waals surface area contributed by atoms with E-state index in [1.165, 1.54) is 23.3 Å². The number of anilines is 1. The lowest BCUT2D eigenvalue weighted by Crippen LogP contribution is -2.34. The van der Waals surface area contributed by atoms with Crippen molar-refractivity contribution in [1.82, 2.24) is 0 Å². The molecule has 0 fully saturated rings. The number of benzene rings is 3. The monoisotopic (exact) mass is 521 g/mol. The maximum atomic E-state index is 13.2. The first-order valence-electron chi connectivity index (χ1n) is 13.6. The van der Waals surface area contributed by atoms with Crippen LogP contribution in [0, 0.1) is 5.92 Å². The Balaban J connectivity index is 1.81. The highest BCUT2D eigenvalue weighted by atomic mass is 16.2. The highest BCUT2D eigenvalue weighted by Crippen LogP contribution is 2.28. The van der Waals surface area contributed by atoms with Crippen molar-refractivity contribution >= 4 is 35.3 Å². The van der Waals surface area contributed by atoms with Crippen molar-refractivity contribution in [3.05, 3.63) is 113 Å². The van der Waals surface area contributed by atoms with Crippen LogP contribution in [0.2, 0.25) is 0 Å². The molecular formula is C35H39NO3. The Morgan fingerprint density at radius 3 is 1.77 bits per heavy atom. The minimum Gasteiger partial charge on any atom is -0.325 e. The maximum Gasteiger partial charge on any atom is 0.243 e. The first kappa shape index (κ1) is 29.5. The van der Waals surface area contributed by atoms with Crippen LogP contribution in [0.5, 0.6) is 0 Å². The van der Waals surface area contributed by atoms with E-state index in [2.05, 4.69) is 52.1 Å². The van der Waals surface area contributed by atoms with Crippen molar-refractivity contribution in [2.45, 2.75) is 58.8 Å². The van der Waals surface area contributed by atoms with Gasteiger partial charge in [0.25, 0.3) is 0 Å². The number of rotatable bonds is 12. The standard InChI is InChI=1S/C35H39NO3/c1-6-24-35(4,5)29-20-14-27(15-21-29)17-23-32(38)33(34(39)36-30-10-8-7-9-11-30)31(37)22-16-26-12-18-28(19-13-26)25(2)3/h7-23,25,33H,6,24H2,1-5H3,(H,36,39). The Kier molecular flexibility index (Phi) is 10.3. The molecule has 0 aliphatic carbocycles. The van der Waals surface area contributed by atoms with Crippen LogP contribution in [0.4, 0.5) is 5.69 Å². The van der Waals surface area contributed by atoms with Crippen molar-refractivity contribution in [3.8, 4) is 0 Å². The first-order chi connectivity index (χ1) is 18.6. The molecule has 3 aromatic rings. The number of hydrogen-bond donors (Lipinski definition) is 1. The van der Waals surface area contributed by atoms with Crippen LogP contribution in [0.3, 0.4) is 0 Å². The molecule has 0 aromatic heterocycles. The fraction of sp³-hybridized carbons (Fsp3) is 0.286. The predicted octanol–water partition coefficient (Wildman–Crippen LogP) is 8.01. The molecule has 0 heterocycles. The first-order valence-corrected chi connectivity index (χ1v) is 13.6. The van der Waals surface area contributed by atoms with Crippen LogP contribution in [-0.4, -0.2) is 17.5 Å². The summed E-state index contributed by atoms with van der Waals surface area (Å²) in [6.07, 6.45) is 8.12. The van der Waals surface area contributed by atoms with Gasteiger partial charge >= 0.3 is 0 Å². The number of allylic oxidation sites excluding steroid dienone is 2. The Bertz CT molecular complexity index is 1310. The summed E-state index contributed by atoms with van der Waals surface area (Å²) in [5.74, 6) is -2.88. The molecule has 1 atom stereocenters. The molecule has 0 aliphatic rings. The average Bonchev–Trinajstić information content (AvgIpc) is 2.92. The summed E-state index contributed by atoms with van der Waals surface area (Å²) in [7, 11) is 0. The predicted molar refractivity (Wildman–Crippen MR) is 162 cm³/mol. The summed E-state index contributed by atoms with van der Waals surface area (Å²) in [4.78, 5) is 39.6. The SMILES string of the molecule is CCCC(C)(C)c1ccc(C=CC(=O)C(C(=O)C=Cc2ccc(C(C)C)cc2)C(=O)Nc2ccccc2)cc1. The number of ketones is 2. The van der Waals surface area contributed by atoms with Gasteiger partial charge in [-0.1, -0.05) is 120 Å². The molecule has 4 heteroatoms. The van der Waals surface area contributed by atoms with Crippen LogP contribution >= 0.6 is 0 Å². The van der Waals surface area contributed by atoms with Gasteiger partial charge in [-0.2, -0.15) is 0 Å². The van der Waals surface area contributed by atoms with Gasteiger partial charge in [-0.05, 0) is 64.3 Å². The molecule has 39 heavy (non-hydrogen) atoms. The van der Waals surface area contributed by atoms with Gasteiger partial charge in [0.05, 0.1) is 0 Å². The van der Waals surface area contributed by atoms with Crippen molar-refractivity contribution in [2.24, 2.45) is 5.92 Å². The van der Waals surface area contributed by atoms with E-state index in [1.54, 1.807) is 36.4 Å². The smallest absolute Gasteiger partial charge is 0.243 e. The van der Waals surface area contributed by atoms with Gasteiger partial charge < -0.3 is 5.32 Å². The molecule has 1 amide bonds. The van der Waals surface area contributed by atoms with E-state index >= 15 is 0 Å². The average molecular weight is 522 g/mol. The van der Waals surface area contributed by atoms with E-state index in [0.29, 0.717) is 11.6 Å². The van der Waals surface area contributed by atoms with E-state index in [-0.39, 0.29) is 5.41 Å². The quantitative estimate of drug-likeness (QED) is 0.194. The van der Waals surface area contributed by atoms with Crippen LogP contribution < -0.4 is 5.32 Å². The molecule has 0 bridgehead atoms. The number of para-hydroxylation sites is 1. The normalized spacial score (nSPS) is 12.7. The zero-order chi connectivity index (χ0) is 28.4. The molecule has 0 saturated heterocycles. The lowest BCUT2D eigenvalue weighted by Gasteiger charge is -2.24. The van der Waals surface area contributed by atoms with Crippen LogP contribution in [0.15, 0.2) is 91.0 Å². The molecule has 0 aliphatic heterocycles. The number of amides is 1. The number of nitrogens with one attached hydrogen (secondary N) is 1. The van der Waals surface area contributed by atoms with Crippen molar-refractivity contribution in [2.75, 3.05) is 5.32 Å². The fourth-order valence-electron chi connectivity index (χ4n) is 4.49. The van der Waals surface area contributed by atoms with Gasteiger partial charge in [0, 0.05) is 5.69 Å². The van der Waals surface area contributed by atoms with Gasteiger partial charge in [-0.15, -0.1) is 0 Å². The molecule has 1 N–H and O–H groups in total. The van der Waals surface area contributed by atoms with E-state index in [9.17, 15) is 14.4 Å². The highest BCUT2D eigenvalue weighted by Gasteiger charge is 2.31. The van der Waals surface area contributed by atoms with E-state index in [1.807, 2.05) is 42.5 Å². The van der Waals surface area contributed by atoms with Crippen molar-refractivity contribution < 1.29 is 14.4 Å². The van der Waals surface area contributed by atoms with Crippen LogP contribution in [0.1, 0.15) is 75.6 Å². The summed E-state index contributed by atoms with van der Waals surface area (Å²) in [6.45, 7) is 10.8. The summed E-state index contributed by atoms with van der Waals surface area (Å²) in [5.41, 5.74) is 4.67. The topological polar surface area (TPSA) is 63.2 Å². The minimum atomic E-state index is -1.49.